The maximum absolute atomic E-state index is 5.62. The van der Waals surface area contributed by atoms with E-state index >= 15 is 0 Å². The maximum atomic E-state index is 5.62. The molecule has 1 aliphatic carbocycles. The van der Waals surface area contributed by atoms with Gasteiger partial charge in [0.15, 0.2) is 11.6 Å². The van der Waals surface area contributed by atoms with Gasteiger partial charge in [0.1, 0.15) is 0 Å². The van der Waals surface area contributed by atoms with E-state index in [0.29, 0.717) is 24.2 Å². The van der Waals surface area contributed by atoms with E-state index in [1.807, 2.05) is 30.3 Å². The third kappa shape index (κ3) is 3.80. The van der Waals surface area contributed by atoms with Gasteiger partial charge in [-0.25, -0.2) is 4.98 Å². The summed E-state index contributed by atoms with van der Waals surface area (Å²) in [4.78, 5) is 8.82. The fourth-order valence-corrected chi connectivity index (χ4v) is 2.78. The van der Waals surface area contributed by atoms with Crippen molar-refractivity contribution in [1.82, 2.24) is 20.2 Å². The van der Waals surface area contributed by atoms with Gasteiger partial charge >= 0.3 is 0 Å². The van der Waals surface area contributed by atoms with Crippen LogP contribution in [0.3, 0.4) is 0 Å². The summed E-state index contributed by atoms with van der Waals surface area (Å²) in [7, 11) is 0. The molecule has 2 heterocycles. The van der Waals surface area contributed by atoms with Gasteiger partial charge in [0, 0.05) is 36.1 Å². The second-order valence-corrected chi connectivity index (χ2v) is 6.88. The van der Waals surface area contributed by atoms with Gasteiger partial charge < -0.3 is 16.4 Å². The van der Waals surface area contributed by atoms with Gasteiger partial charge in [0.25, 0.3) is 0 Å². The molecule has 4 rings (SSSR count). The number of nitrogens with zero attached hydrogens (tertiary/aromatic N) is 3. The summed E-state index contributed by atoms with van der Waals surface area (Å²) in [6, 6.07) is 9.89. The Bertz CT molecular complexity index is 871. The van der Waals surface area contributed by atoms with Crippen LogP contribution in [0.25, 0.3) is 0 Å². The number of rotatable bonds is 6. The van der Waals surface area contributed by atoms with Crippen LogP contribution in [0.1, 0.15) is 30.0 Å². The molecule has 1 fully saturated rings. The lowest BCUT2D eigenvalue weighted by Gasteiger charge is -2.09. The number of nitrogens with one attached hydrogen (secondary N) is 3. The molecule has 8 heteroatoms. The Hall–Kier alpha value is -2.45. The van der Waals surface area contributed by atoms with Crippen molar-refractivity contribution in [3.63, 3.8) is 0 Å². The Morgan fingerprint density at radius 1 is 1.20 bits per heavy atom. The third-order valence-electron chi connectivity index (χ3n) is 4.05. The zero-order chi connectivity index (χ0) is 17.2. The first-order valence-electron chi connectivity index (χ1n) is 8.12. The summed E-state index contributed by atoms with van der Waals surface area (Å²) in [5.41, 5.74) is 8.77. The smallest absolute Gasteiger partial charge is 0.229 e. The predicted molar refractivity (Wildman–Crippen MR) is 101 cm³/mol. The monoisotopic (exact) mass is 399 g/mol. The molecule has 0 atom stereocenters. The predicted octanol–water partition coefficient (Wildman–Crippen LogP) is 3.79. The first kappa shape index (κ1) is 16.0. The molecule has 0 saturated heterocycles. The number of aromatic amines is 1. The molecule has 0 aliphatic heterocycles. The van der Waals surface area contributed by atoms with Gasteiger partial charge in [-0.05, 0) is 46.5 Å². The molecule has 5 N–H and O–H groups in total. The molecule has 0 spiro atoms. The van der Waals surface area contributed by atoms with Crippen LogP contribution in [0.15, 0.2) is 41.0 Å². The number of hydrogen-bond acceptors (Lipinski definition) is 6. The molecular weight excluding hydrogens is 382 g/mol. The highest BCUT2D eigenvalue weighted by Gasteiger charge is 2.25. The summed E-state index contributed by atoms with van der Waals surface area (Å²) in [5.74, 6) is 2.54. The van der Waals surface area contributed by atoms with Crippen molar-refractivity contribution in [3.8, 4) is 0 Å². The highest BCUT2D eigenvalue weighted by atomic mass is 79.9. The first-order chi connectivity index (χ1) is 12.2. The zero-order valence-electron chi connectivity index (χ0n) is 13.5. The molecule has 1 saturated carbocycles. The van der Waals surface area contributed by atoms with Crippen LogP contribution >= 0.6 is 15.9 Å². The maximum Gasteiger partial charge on any atom is 0.229 e. The average molecular weight is 400 g/mol. The molecule has 7 nitrogen and oxygen atoms in total. The van der Waals surface area contributed by atoms with Crippen LogP contribution in [-0.4, -0.2) is 20.2 Å². The number of hydrogen-bond donors (Lipinski definition) is 4. The van der Waals surface area contributed by atoms with Gasteiger partial charge in [0.05, 0.1) is 4.47 Å². The Morgan fingerprint density at radius 3 is 2.72 bits per heavy atom. The molecule has 0 unspecified atom stereocenters. The summed E-state index contributed by atoms with van der Waals surface area (Å²) in [6.45, 7) is 0.523. The molecule has 1 aliphatic rings. The molecule has 3 aromatic rings. The van der Waals surface area contributed by atoms with Crippen molar-refractivity contribution < 1.29 is 0 Å². The number of H-pyrrole nitrogens is 1. The van der Waals surface area contributed by atoms with Gasteiger partial charge in [-0.3, -0.25) is 5.10 Å². The second kappa shape index (κ2) is 6.81. The lowest BCUT2D eigenvalue weighted by atomic mass is 10.2. The van der Waals surface area contributed by atoms with Crippen LogP contribution in [0.4, 0.5) is 23.3 Å². The topological polar surface area (TPSA) is 105 Å². The molecule has 0 bridgehead atoms. The van der Waals surface area contributed by atoms with Crippen LogP contribution in [0.2, 0.25) is 0 Å². The SMILES string of the molecule is NCc1ccc(Nc2ncc(Br)c(Nc3cc(C4CC4)[nH]n3)n2)cc1. The highest BCUT2D eigenvalue weighted by molar-refractivity contribution is 9.10. The lowest BCUT2D eigenvalue weighted by molar-refractivity contribution is 0.966. The fraction of sp³-hybridized carbons (Fsp3) is 0.235. The highest BCUT2D eigenvalue weighted by Crippen LogP contribution is 2.39. The number of halogens is 1. The number of aromatic nitrogens is 4. The third-order valence-corrected chi connectivity index (χ3v) is 4.63. The summed E-state index contributed by atoms with van der Waals surface area (Å²) in [5, 5.41) is 13.8. The van der Waals surface area contributed by atoms with Gasteiger partial charge in [-0.2, -0.15) is 10.1 Å². The van der Waals surface area contributed by atoms with Crippen molar-refractivity contribution in [2.45, 2.75) is 25.3 Å². The number of benzene rings is 1. The number of nitrogens with two attached hydrogens (primary N) is 1. The molecule has 0 radical (unpaired) electrons. The van der Waals surface area contributed by atoms with Crippen molar-refractivity contribution in [3.05, 3.63) is 52.3 Å². The van der Waals surface area contributed by atoms with Crippen LogP contribution in [-0.2, 0) is 6.54 Å². The van der Waals surface area contributed by atoms with Crippen molar-refractivity contribution >= 4 is 39.2 Å². The van der Waals surface area contributed by atoms with E-state index in [1.54, 1.807) is 6.20 Å². The van der Waals surface area contributed by atoms with E-state index in [4.69, 9.17) is 5.73 Å². The van der Waals surface area contributed by atoms with Crippen LogP contribution in [0, 0.1) is 0 Å². The van der Waals surface area contributed by atoms with Crippen molar-refractivity contribution in [1.29, 1.82) is 0 Å². The standard InChI is InChI=1S/C17H18BrN7/c18-13-9-20-17(21-12-5-1-10(8-19)2-6-12)23-16(13)22-15-7-14(24-25-15)11-3-4-11/h1-2,5-7,9,11H,3-4,8,19H2,(H3,20,21,22,23,24,25). The van der Waals surface area contributed by atoms with E-state index in [-0.39, 0.29) is 0 Å². The molecule has 25 heavy (non-hydrogen) atoms. The minimum absolute atomic E-state index is 0.504. The first-order valence-corrected chi connectivity index (χ1v) is 8.91. The van der Waals surface area contributed by atoms with Crippen LogP contribution in [0.5, 0.6) is 0 Å². The Morgan fingerprint density at radius 2 is 2.00 bits per heavy atom. The molecule has 0 amide bonds. The lowest BCUT2D eigenvalue weighted by Crippen LogP contribution is -2.02. The minimum Gasteiger partial charge on any atom is -0.326 e. The van der Waals surface area contributed by atoms with Gasteiger partial charge in [-0.1, -0.05) is 12.1 Å². The van der Waals surface area contributed by atoms with Crippen molar-refractivity contribution in [2.24, 2.45) is 5.73 Å². The quantitative estimate of drug-likeness (QED) is 0.502. The van der Waals surface area contributed by atoms with Crippen molar-refractivity contribution in [2.75, 3.05) is 10.6 Å². The summed E-state index contributed by atoms with van der Waals surface area (Å²) < 4.78 is 0.771. The Kier molecular flexibility index (Phi) is 4.37. The summed E-state index contributed by atoms with van der Waals surface area (Å²) in [6.07, 6.45) is 4.17. The minimum atomic E-state index is 0.504. The second-order valence-electron chi connectivity index (χ2n) is 6.02. The van der Waals surface area contributed by atoms with E-state index in [2.05, 4.69) is 46.7 Å². The van der Waals surface area contributed by atoms with Crippen LogP contribution < -0.4 is 16.4 Å². The van der Waals surface area contributed by atoms with Gasteiger partial charge in [0.2, 0.25) is 5.95 Å². The molecule has 128 valence electrons. The van der Waals surface area contributed by atoms with Gasteiger partial charge in [-0.15, -0.1) is 0 Å². The van der Waals surface area contributed by atoms with E-state index in [9.17, 15) is 0 Å². The normalized spacial score (nSPS) is 13.7. The fourth-order valence-electron chi connectivity index (χ4n) is 2.49. The largest absolute Gasteiger partial charge is 0.326 e. The number of anilines is 4. The average Bonchev–Trinajstić information content (AvgIpc) is 3.38. The Labute approximate surface area is 153 Å². The Balaban J connectivity index is 1.50. The van der Waals surface area contributed by atoms with E-state index in [1.165, 1.54) is 18.5 Å². The molecule has 2 aromatic heterocycles. The van der Waals surface area contributed by atoms with E-state index < -0.39 is 0 Å². The summed E-state index contributed by atoms with van der Waals surface area (Å²) >= 11 is 3.47. The zero-order valence-corrected chi connectivity index (χ0v) is 15.0. The van der Waals surface area contributed by atoms with E-state index in [0.717, 1.165) is 21.5 Å². The molecule has 1 aromatic carbocycles. The molecular formula is C17H18BrN7.